The van der Waals surface area contributed by atoms with Crippen molar-refractivity contribution in [3.05, 3.63) is 51.7 Å². The zero-order valence-electron chi connectivity index (χ0n) is 14.9. The number of anilines is 1. The van der Waals surface area contributed by atoms with Gasteiger partial charge >= 0.3 is 0 Å². The van der Waals surface area contributed by atoms with Gasteiger partial charge < -0.3 is 15.8 Å². The number of ether oxygens (including phenoxy) is 1. The van der Waals surface area contributed by atoms with E-state index in [1.54, 1.807) is 7.11 Å². The molecule has 25 heavy (non-hydrogen) atoms. The predicted molar refractivity (Wildman–Crippen MR) is 105 cm³/mol. The highest BCUT2D eigenvalue weighted by Gasteiger charge is 2.21. The monoisotopic (exact) mass is 358 g/mol. The topological polar surface area (TPSA) is 62.9 Å². The van der Waals surface area contributed by atoms with Crippen LogP contribution in [0.2, 0.25) is 0 Å². The number of hydrogen-bond donors (Lipinski definition) is 2. The first-order chi connectivity index (χ1) is 12.2. The van der Waals surface area contributed by atoms with Gasteiger partial charge in [0.25, 0.3) is 0 Å². The zero-order valence-corrected chi connectivity index (χ0v) is 15.7. The van der Waals surface area contributed by atoms with Crippen LogP contribution in [0.5, 0.6) is 0 Å². The van der Waals surface area contributed by atoms with E-state index in [0.717, 1.165) is 30.8 Å². The molecule has 0 saturated carbocycles. The molecule has 1 aromatic heterocycles. The van der Waals surface area contributed by atoms with Gasteiger partial charge in [0.05, 0.1) is 13.2 Å². The summed E-state index contributed by atoms with van der Waals surface area (Å²) < 4.78 is 5.22. The maximum Gasteiger partial charge on any atom is 0.193 e. The number of nitrogens with one attached hydrogen (secondary N) is 1. The van der Waals surface area contributed by atoms with E-state index < -0.39 is 0 Å². The quantitative estimate of drug-likeness (QED) is 0.615. The molecule has 3 N–H and O–H groups in total. The Hall–Kier alpha value is -1.89. The highest BCUT2D eigenvalue weighted by atomic mass is 32.1. The van der Waals surface area contributed by atoms with Gasteiger partial charge in [-0.3, -0.25) is 9.89 Å². The van der Waals surface area contributed by atoms with Crippen LogP contribution in [0.1, 0.15) is 22.9 Å². The van der Waals surface area contributed by atoms with Gasteiger partial charge in [0.15, 0.2) is 5.96 Å². The lowest BCUT2D eigenvalue weighted by Gasteiger charge is -2.31. The van der Waals surface area contributed by atoms with E-state index in [9.17, 15) is 0 Å². The lowest BCUT2D eigenvalue weighted by molar-refractivity contribution is 0.185. The summed E-state index contributed by atoms with van der Waals surface area (Å²) in [6.07, 6.45) is 1.14. The van der Waals surface area contributed by atoms with Crippen molar-refractivity contribution in [3.8, 4) is 0 Å². The van der Waals surface area contributed by atoms with E-state index in [1.807, 2.05) is 35.6 Å². The molecule has 0 spiro atoms. The second-order valence-corrected chi connectivity index (χ2v) is 7.38. The average molecular weight is 359 g/mol. The highest BCUT2D eigenvalue weighted by Crippen LogP contribution is 2.25. The minimum Gasteiger partial charge on any atom is -0.380 e. The molecule has 2 heterocycles. The Labute approximate surface area is 153 Å². The van der Waals surface area contributed by atoms with Crippen LogP contribution in [0, 0.1) is 0 Å². The van der Waals surface area contributed by atoms with Crippen molar-refractivity contribution in [3.63, 3.8) is 0 Å². The molecule has 1 atom stereocenters. The van der Waals surface area contributed by atoms with Crippen LogP contribution in [0.15, 0.2) is 40.7 Å². The number of fused-ring (bicyclic) bond motifs is 1. The van der Waals surface area contributed by atoms with Crippen molar-refractivity contribution in [2.24, 2.45) is 10.7 Å². The number of benzene rings is 1. The van der Waals surface area contributed by atoms with E-state index in [0.29, 0.717) is 25.2 Å². The number of rotatable bonds is 6. The van der Waals surface area contributed by atoms with Crippen LogP contribution in [0.25, 0.3) is 0 Å². The third-order valence-electron chi connectivity index (χ3n) is 4.57. The van der Waals surface area contributed by atoms with E-state index in [2.05, 4.69) is 33.6 Å². The summed E-state index contributed by atoms with van der Waals surface area (Å²) in [7, 11) is 1.69. The van der Waals surface area contributed by atoms with Crippen molar-refractivity contribution in [1.29, 1.82) is 0 Å². The number of hydrogen-bond acceptors (Lipinski definition) is 4. The fourth-order valence-corrected chi connectivity index (χ4v) is 3.98. The summed E-state index contributed by atoms with van der Waals surface area (Å²) >= 11 is 1.87. The number of nitrogens with zero attached hydrogens (tertiary/aromatic N) is 2. The Morgan fingerprint density at radius 3 is 3.08 bits per heavy atom. The van der Waals surface area contributed by atoms with Crippen molar-refractivity contribution in [2.75, 3.05) is 25.5 Å². The maximum absolute atomic E-state index is 6.09. The van der Waals surface area contributed by atoms with Crippen molar-refractivity contribution >= 4 is 23.0 Å². The molecule has 6 heteroatoms. The SMILES string of the molecule is COCc1ccccc1NC(N)=NCC(C)N1CCc2sccc2C1. The van der Waals surface area contributed by atoms with Gasteiger partial charge in [0.2, 0.25) is 0 Å². The Bertz CT molecular complexity index is 728. The van der Waals surface area contributed by atoms with Gasteiger partial charge in [-0.05, 0) is 36.4 Å². The molecule has 0 aliphatic carbocycles. The summed E-state index contributed by atoms with van der Waals surface area (Å²) in [6.45, 7) is 5.55. The second-order valence-electron chi connectivity index (χ2n) is 6.38. The molecular weight excluding hydrogens is 332 g/mol. The number of methoxy groups -OCH3 is 1. The fourth-order valence-electron chi connectivity index (χ4n) is 3.09. The Morgan fingerprint density at radius 1 is 1.40 bits per heavy atom. The third-order valence-corrected chi connectivity index (χ3v) is 5.59. The van der Waals surface area contributed by atoms with E-state index in [1.165, 1.54) is 10.4 Å². The molecule has 0 radical (unpaired) electrons. The highest BCUT2D eigenvalue weighted by molar-refractivity contribution is 7.10. The minimum absolute atomic E-state index is 0.364. The van der Waals surface area contributed by atoms with E-state index >= 15 is 0 Å². The predicted octanol–water partition coefficient (Wildman–Crippen LogP) is 3.07. The maximum atomic E-state index is 6.09. The van der Waals surface area contributed by atoms with Gasteiger partial charge in [-0.1, -0.05) is 18.2 Å². The smallest absolute Gasteiger partial charge is 0.193 e. The van der Waals surface area contributed by atoms with Crippen LogP contribution in [0.3, 0.4) is 0 Å². The molecule has 1 unspecified atom stereocenters. The van der Waals surface area contributed by atoms with Crippen LogP contribution in [-0.4, -0.2) is 37.1 Å². The van der Waals surface area contributed by atoms with Gasteiger partial charge in [0.1, 0.15) is 0 Å². The summed E-state index contributed by atoms with van der Waals surface area (Å²) in [5.41, 5.74) is 9.56. The second kappa shape index (κ2) is 8.47. The first-order valence-electron chi connectivity index (χ1n) is 8.60. The van der Waals surface area contributed by atoms with Gasteiger partial charge in [-0.25, -0.2) is 0 Å². The first-order valence-corrected chi connectivity index (χ1v) is 9.48. The number of nitrogens with two attached hydrogens (primary N) is 1. The van der Waals surface area contributed by atoms with Crippen molar-refractivity contribution in [1.82, 2.24) is 4.90 Å². The third kappa shape index (κ3) is 4.60. The van der Waals surface area contributed by atoms with Crippen molar-refractivity contribution < 1.29 is 4.74 Å². The van der Waals surface area contributed by atoms with E-state index in [-0.39, 0.29) is 0 Å². The fraction of sp³-hybridized carbons (Fsp3) is 0.421. The zero-order chi connectivity index (χ0) is 17.6. The molecule has 0 bridgehead atoms. The Balaban J connectivity index is 1.56. The molecule has 5 nitrogen and oxygen atoms in total. The molecule has 134 valence electrons. The lowest BCUT2D eigenvalue weighted by Crippen LogP contribution is -2.39. The standard InChI is InChI=1S/C19H26N4OS/c1-14(23-9-7-18-15(12-23)8-10-25-18)11-21-19(20)22-17-6-4-3-5-16(17)13-24-2/h3-6,8,10,14H,7,9,11-13H2,1-2H3,(H3,20,21,22). The van der Waals surface area contributed by atoms with Gasteiger partial charge in [-0.2, -0.15) is 0 Å². The van der Waals surface area contributed by atoms with Crippen molar-refractivity contribution in [2.45, 2.75) is 32.5 Å². The van der Waals surface area contributed by atoms with Crippen LogP contribution < -0.4 is 11.1 Å². The Morgan fingerprint density at radius 2 is 2.24 bits per heavy atom. The van der Waals surface area contributed by atoms with Crippen LogP contribution in [0.4, 0.5) is 5.69 Å². The number of para-hydroxylation sites is 1. The van der Waals surface area contributed by atoms with Crippen LogP contribution in [-0.2, 0) is 24.3 Å². The molecule has 3 rings (SSSR count). The summed E-state index contributed by atoms with van der Waals surface area (Å²) in [5, 5.41) is 5.39. The normalized spacial score (nSPS) is 16.5. The molecule has 1 aromatic carbocycles. The molecule has 0 saturated heterocycles. The van der Waals surface area contributed by atoms with Gasteiger partial charge in [-0.15, -0.1) is 11.3 Å². The number of thiophene rings is 1. The largest absolute Gasteiger partial charge is 0.380 e. The molecule has 1 aliphatic rings. The number of guanidine groups is 1. The minimum atomic E-state index is 0.364. The number of aliphatic imine (C=N–C) groups is 1. The summed E-state index contributed by atoms with van der Waals surface area (Å²) in [4.78, 5) is 8.55. The Kier molecular flexibility index (Phi) is 6.07. The molecule has 0 amide bonds. The molecule has 0 fully saturated rings. The van der Waals surface area contributed by atoms with Gasteiger partial charge in [0, 0.05) is 42.4 Å². The van der Waals surface area contributed by atoms with Crippen LogP contribution >= 0.6 is 11.3 Å². The molecule has 2 aromatic rings. The summed E-state index contributed by atoms with van der Waals surface area (Å²) in [5.74, 6) is 0.448. The van der Waals surface area contributed by atoms with E-state index in [4.69, 9.17) is 10.5 Å². The molecule has 1 aliphatic heterocycles. The lowest BCUT2D eigenvalue weighted by atomic mass is 10.1. The summed E-state index contributed by atoms with van der Waals surface area (Å²) in [6, 6.07) is 10.6. The molecular formula is C19H26N4OS. The average Bonchev–Trinajstić information content (AvgIpc) is 3.09. The first kappa shape index (κ1) is 17.9.